The number of carbonyl (C=O) groups excluding carboxylic acids is 1. The van der Waals surface area contributed by atoms with E-state index in [1.807, 2.05) is 56.3 Å². The van der Waals surface area contributed by atoms with Crippen molar-refractivity contribution in [2.75, 3.05) is 32.6 Å². The van der Waals surface area contributed by atoms with E-state index in [0.29, 0.717) is 19.5 Å². The number of furan rings is 1. The molecule has 0 aliphatic carbocycles. The summed E-state index contributed by atoms with van der Waals surface area (Å²) < 4.78 is 11.4. The molecule has 0 bridgehead atoms. The molecule has 1 aromatic heterocycles. The maximum Gasteiger partial charge on any atom is 0.222 e. The highest BCUT2D eigenvalue weighted by Crippen LogP contribution is 2.35. The van der Waals surface area contributed by atoms with E-state index in [9.17, 15) is 4.79 Å². The summed E-state index contributed by atoms with van der Waals surface area (Å²) in [6.07, 6.45) is 2.92. The molecule has 0 radical (unpaired) electrons. The molecule has 0 N–H and O–H groups in total. The first-order valence-electron chi connectivity index (χ1n) is 10.7. The molecule has 0 aliphatic heterocycles. The minimum absolute atomic E-state index is 0.00873. The first-order valence-corrected chi connectivity index (χ1v) is 10.7. The van der Waals surface area contributed by atoms with Gasteiger partial charge in [0.05, 0.1) is 13.4 Å². The van der Waals surface area contributed by atoms with E-state index in [1.54, 1.807) is 13.4 Å². The highest BCUT2D eigenvalue weighted by Gasteiger charge is 2.23. The van der Waals surface area contributed by atoms with Crippen molar-refractivity contribution in [2.24, 2.45) is 0 Å². The number of methoxy groups -OCH3 is 1. The van der Waals surface area contributed by atoms with Gasteiger partial charge in [0.2, 0.25) is 5.91 Å². The highest BCUT2D eigenvalue weighted by molar-refractivity contribution is 5.75. The summed E-state index contributed by atoms with van der Waals surface area (Å²) in [4.78, 5) is 16.7. The van der Waals surface area contributed by atoms with Crippen LogP contribution in [0.25, 0.3) is 0 Å². The maximum atomic E-state index is 12.7. The van der Waals surface area contributed by atoms with Crippen LogP contribution >= 0.6 is 0 Å². The Hall–Kier alpha value is -3.21. The average molecular weight is 421 g/mol. The Bertz CT molecular complexity index is 949. The number of nitrogens with zero attached hydrogens (tertiary/aromatic N) is 2. The van der Waals surface area contributed by atoms with Crippen molar-refractivity contribution in [3.63, 3.8) is 0 Å². The summed E-state index contributed by atoms with van der Waals surface area (Å²) in [6.45, 7) is 3.14. The van der Waals surface area contributed by atoms with Crippen molar-refractivity contribution < 1.29 is 13.9 Å². The van der Waals surface area contributed by atoms with E-state index >= 15 is 0 Å². The van der Waals surface area contributed by atoms with Gasteiger partial charge in [0.15, 0.2) is 0 Å². The van der Waals surface area contributed by atoms with Crippen LogP contribution in [-0.2, 0) is 11.3 Å². The molecular formula is C26H32N2O3. The normalized spacial score (nSPS) is 11.7. The Morgan fingerprint density at radius 2 is 1.77 bits per heavy atom. The zero-order valence-corrected chi connectivity index (χ0v) is 18.9. The topological polar surface area (TPSA) is 45.9 Å². The van der Waals surface area contributed by atoms with E-state index in [-0.39, 0.29) is 11.8 Å². The molecule has 1 heterocycles. The monoisotopic (exact) mass is 420 g/mol. The molecule has 3 aromatic rings. The first-order chi connectivity index (χ1) is 15.0. The molecule has 0 unspecified atom stereocenters. The molecule has 5 heteroatoms. The van der Waals surface area contributed by atoms with Gasteiger partial charge in [-0.1, -0.05) is 37.3 Å². The van der Waals surface area contributed by atoms with Crippen molar-refractivity contribution in [1.29, 1.82) is 0 Å². The van der Waals surface area contributed by atoms with Crippen molar-refractivity contribution in [1.82, 2.24) is 4.90 Å². The molecule has 31 heavy (non-hydrogen) atoms. The quantitative estimate of drug-likeness (QED) is 0.446. The van der Waals surface area contributed by atoms with E-state index < -0.39 is 0 Å². The van der Waals surface area contributed by atoms with E-state index in [4.69, 9.17) is 9.15 Å². The summed E-state index contributed by atoms with van der Waals surface area (Å²) in [7, 11) is 5.73. The van der Waals surface area contributed by atoms with E-state index in [2.05, 4.69) is 35.2 Å². The molecule has 1 amide bonds. The SMILES string of the molecule is CCC(=O)N(CC[C@H](c1ccco1)c1ccccc1OC)Cc1ccc(N(C)C)cc1. The van der Waals surface area contributed by atoms with Crippen LogP contribution < -0.4 is 9.64 Å². The number of carbonyl (C=O) groups is 1. The fourth-order valence-electron chi connectivity index (χ4n) is 3.82. The lowest BCUT2D eigenvalue weighted by atomic mass is 9.92. The molecular weight excluding hydrogens is 388 g/mol. The molecule has 0 fully saturated rings. The predicted octanol–water partition coefficient (Wildman–Crippen LogP) is 5.32. The van der Waals surface area contributed by atoms with Gasteiger partial charge in [-0.25, -0.2) is 0 Å². The second-order valence-corrected chi connectivity index (χ2v) is 7.83. The zero-order valence-electron chi connectivity index (χ0n) is 18.9. The summed E-state index contributed by atoms with van der Waals surface area (Å²) in [5.41, 5.74) is 3.34. The van der Waals surface area contributed by atoms with Crippen molar-refractivity contribution in [3.05, 3.63) is 83.8 Å². The van der Waals surface area contributed by atoms with Gasteiger partial charge in [-0.3, -0.25) is 4.79 Å². The largest absolute Gasteiger partial charge is 0.496 e. The summed E-state index contributed by atoms with van der Waals surface area (Å²) in [5, 5.41) is 0. The third-order valence-electron chi connectivity index (χ3n) is 5.57. The Balaban J connectivity index is 1.80. The van der Waals surface area contributed by atoms with Gasteiger partial charge in [-0.15, -0.1) is 0 Å². The van der Waals surface area contributed by atoms with Crippen LogP contribution in [0.1, 0.15) is 42.6 Å². The summed E-state index contributed by atoms with van der Waals surface area (Å²) in [6, 6.07) is 20.3. The lowest BCUT2D eigenvalue weighted by Gasteiger charge is -2.26. The number of ether oxygens (including phenoxy) is 1. The smallest absolute Gasteiger partial charge is 0.222 e. The molecule has 2 aromatic carbocycles. The number of rotatable bonds is 10. The molecule has 0 saturated heterocycles. The fraction of sp³-hybridized carbons (Fsp3) is 0.346. The van der Waals surface area contributed by atoms with Gasteiger partial charge in [0.25, 0.3) is 0 Å². The van der Waals surface area contributed by atoms with Crippen LogP contribution in [0.15, 0.2) is 71.3 Å². The predicted molar refractivity (Wildman–Crippen MR) is 125 cm³/mol. The average Bonchev–Trinajstić information content (AvgIpc) is 3.33. The van der Waals surface area contributed by atoms with Crippen LogP contribution in [-0.4, -0.2) is 38.6 Å². The number of para-hydroxylation sites is 1. The van der Waals surface area contributed by atoms with Gasteiger partial charge in [-0.05, 0) is 42.3 Å². The summed E-state index contributed by atoms with van der Waals surface area (Å²) >= 11 is 0. The number of benzene rings is 2. The fourth-order valence-corrected chi connectivity index (χ4v) is 3.82. The van der Waals surface area contributed by atoms with Gasteiger partial charge in [0.1, 0.15) is 11.5 Å². The third kappa shape index (κ3) is 5.69. The Kier molecular flexibility index (Phi) is 7.76. The highest BCUT2D eigenvalue weighted by atomic mass is 16.5. The Morgan fingerprint density at radius 1 is 1.03 bits per heavy atom. The number of anilines is 1. The van der Waals surface area contributed by atoms with Crippen LogP contribution in [0.2, 0.25) is 0 Å². The van der Waals surface area contributed by atoms with Crippen LogP contribution in [0.4, 0.5) is 5.69 Å². The van der Waals surface area contributed by atoms with Gasteiger partial charge in [-0.2, -0.15) is 0 Å². The molecule has 0 aliphatic rings. The van der Waals surface area contributed by atoms with Gasteiger partial charge < -0.3 is 19.0 Å². The molecule has 3 rings (SSSR count). The molecule has 164 valence electrons. The van der Waals surface area contributed by atoms with Crippen LogP contribution in [0.5, 0.6) is 5.75 Å². The minimum atomic E-state index is 0.00873. The Labute approximate surface area is 185 Å². The third-order valence-corrected chi connectivity index (χ3v) is 5.57. The second kappa shape index (κ2) is 10.7. The lowest BCUT2D eigenvalue weighted by Crippen LogP contribution is -2.31. The van der Waals surface area contributed by atoms with Crippen molar-refractivity contribution in [3.8, 4) is 5.75 Å². The standard InChI is InChI=1S/C26H32N2O3/c1-5-26(29)28(19-20-12-14-21(15-13-20)27(2)3)17-16-23(25-11-8-18-31-25)22-9-6-7-10-24(22)30-4/h6-15,18,23H,5,16-17,19H2,1-4H3/t23-/m0/s1. The van der Waals surface area contributed by atoms with E-state index in [1.165, 1.54) is 0 Å². The number of hydrogen-bond acceptors (Lipinski definition) is 4. The molecule has 0 saturated carbocycles. The Morgan fingerprint density at radius 3 is 2.39 bits per heavy atom. The van der Waals surface area contributed by atoms with Gasteiger partial charge in [0, 0.05) is 50.8 Å². The minimum Gasteiger partial charge on any atom is -0.496 e. The van der Waals surface area contributed by atoms with Crippen LogP contribution in [0, 0.1) is 0 Å². The molecule has 1 atom stereocenters. The van der Waals surface area contributed by atoms with Crippen molar-refractivity contribution in [2.45, 2.75) is 32.2 Å². The molecule has 5 nitrogen and oxygen atoms in total. The number of amides is 1. The molecule has 0 spiro atoms. The zero-order chi connectivity index (χ0) is 22.2. The first kappa shape index (κ1) is 22.5. The maximum absolute atomic E-state index is 12.7. The van der Waals surface area contributed by atoms with E-state index in [0.717, 1.165) is 34.7 Å². The summed E-state index contributed by atoms with van der Waals surface area (Å²) in [5.74, 6) is 1.87. The lowest BCUT2D eigenvalue weighted by molar-refractivity contribution is -0.131. The van der Waals surface area contributed by atoms with Crippen molar-refractivity contribution >= 4 is 11.6 Å². The van der Waals surface area contributed by atoms with Gasteiger partial charge >= 0.3 is 0 Å². The second-order valence-electron chi connectivity index (χ2n) is 7.83. The van der Waals surface area contributed by atoms with Crippen LogP contribution in [0.3, 0.4) is 0 Å². The number of hydrogen-bond donors (Lipinski definition) is 0.